The molecule has 0 aliphatic carbocycles. The van der Waals surface area contributed by atoms with E-state index >= 15 is 0 Å². The number of nitrogens with two attached hydrogens (primary N) is 1. The van der Waals surface area contributed by atoms with Crippen LogP contribution < -0.4 is 5.73 Å². The van der Waals surface area contributed by atoms with Crippen molar-refractivity contribution in [3.8, 4) is 0 Å². The molecule has 2 N–H and O–H groups in total. The molecule has 1 aromatic carbocycles. The third kappa shape index (κ3) is 5.42. The number of non-ortho nitro benzene ring substituents is 1. The zero-order valence-corrected chi connectivity index (χ0v) is 9.80. The van der Waals surface area contributed by atoms with Gasteiger partial charge in [-0.3, -0.25) is 10.1 Å². The molecule has 0 fully saturated rings. The molecule has 0 atom stereocenters. The first-order valence-electron chi connectivity index (χ1n) is 5.75. The number of benzene rings is 1. The van der Waals surface area contributed by atoms with Gasteiger partial charge in [0.25, 0.3) is 5.69 Å². The zero-order chi connectivity index (χ0) is 12.5. The Hall–Kier alpha value is -1.46. The van der Waals surface area contributed by atoms with Gasteiger partial charge in [-0.05, 0) is 43.5 Å². The Morgan fingerprint density at radius 3 is 2.47 bits per heavy atom. The van der Waals surface area contributed by atoms with Crippen molar-refractivity contribution < 1.29 is 9.66 Å². The fraction of sp³-hybridized carbons (Fsp3) is 0.500. The summed E-state index contributed by atoms with van der Waals surface area (Å²) in [5.41, 5.74) is 6.44. The lowest BCUT2D eigenvalue weighted by molar-refractivity contribution is -0.384. The van der Waals surface area contributed by atoms with Crippen LogP contribution in [0.4, 0.5) is 5.69 Å². The summed E-state index contributed by atoms with van der Waals surface area (Å²) in [6.07, 6.45) is 3.11. The Labute approximate surface area is 101 Å². The number of nitro groups is 1. The molecule has 5 nitrogen and oxygen atoms in total. The van der Waals surface area contributed by atoms with Crippen molar-refractivity contribution in [3.05, 3.63) is 39.9 Å². The predicted octanol–water partition coefficient (Wildman–Crippen LogP) is 2.24. The van der Waals surface area contributed by atoms with Gasteiger partial charge in [0.15, 0.2) is 0 Å². The average Bonchev–Trinajstić information content (AvgIpc) is 2.34. The fourth-order valence-corrected chi connectivity index (χ4v) is 1.43. The standard InChI is InChI=1S/C12H18N2O3/c13-8-2-1-3-9-17-10-11-4-6-12(7-5-11)14(15)16/h4-7H,1-3,8-10,13H2. The van der Waals surface area contributed by atoms with Gasteiger partial charge < -0.3 is 10.5 Å². The third-order valence-corrected chi connectivity index (χ3v) is 2.41. The normalized spacial score (nSPS) is 10.4. The van der Waals surface area contributed by atoms with Crippen LogP contribution in [0.3, 0.4) is 0 Å². The van der Waals surface area contributed by atoms with Crippen LogP contribution in [0.15, 0.2) is 24.3 Å². The van der Waals surface area contributed by atoms with Crippen molar-refractivity contribution >= 4 is 5.69 Å². The maximum Gasteiger partial charge on any atom is 0.269 e. The Morgan fingerprint density at radius 1 is 1.18 bits per heavy atom. The van der Waals surface area contributed by atoms with Crippen molar-refractivity contribution in [1.82, 2.24) is 0 Å². The minimum atomic E-state index is -0.405. The molecule has 0 bridgehead atoms. The highest BCUT2D eigenvalue weighted by atomic mass is 16.6. The maximum atomic E-state index is 10.4. The van der Waals surface area contributed by atoms with Crippen molar-refractivity contribution in [2.45, 2.75) is 25.9 Å². The summed E-state index contributed by atoms with van der Waals surface area (Å²) in [6.45, 7) is 1.93. The molecule has 0 heterocycles. The number of nitro benzene ring substituents is 1. The highest BCUT2D eigenvalue weighted by Gasteiger charge is 2.03. The molecule has 0 saturated heterocycles. The molecular formula is C12H18N2O3. The van der Waals surface area contributed by atoms with Gasteiger partial charge in [0.1, 0.15) is 0 Å². The quantitative estimate of drug-likeness (QED) is 0.428. The molecule has 0 saturated carbocycles. The predicted molar refractivity (Wildman–Crippen MR) is 65.7 cm³/mol. The second kappa shape index (κ2) is 7.76. The maximum absolute atomic E-state index is 10.4. The number of hydrogen-bond acceptors (Lipinski definition) is 4. The van der Waals surface area contributed by atoms with Gasteiger partial charge in [-0.1, -0.05) is 0 Å². The van der Waals surface area contributed by atoms with E-state index in [0.717, 1.165) is 31.4 Å². The molecule has 1 rings (SSSR count). The summed E-state index contributed by atoms with van der Waals surface area (Å²) >= 11 is 0. The molecule has 0 aromatic heterocycles. The summed E-state index contributed by atoms with van der Waals surface area (Å²) < 4.78 is 5.46. The van der Waals surface area contributed by atoms with Gasteiger partial charge in [-0.15, -0.1) is 0 Å². The number of rotatable bonds is 8. The molecule has 1 aromatic rings. The Morgan fingerprint density at radius 2 is 1.88 bits per heavy atom. The van der Waals surface area contributed by atoms with E-state index in [-0.39, 0.29) is 5.69 Å². The highest BCUT2D eigenvalue weighted by molar-refractivity contribution is 5.32. The molecule has 0 spiro atoms. The second-order valence-electron chi connectivity index (χ2n) is 3.83. The summed E-state index contributed by atoms with van der Waals surface area (Å²) in [5, 5.41) is 10.4. The van der Waals surface area contributed by atoms with Gasteiger partial charge in [-0.25, -0.2) is 0 Å². The molecule has 0 aliphatic heterocycles. The van der Waals surface area contributed by atoms with E-state index in [4.69, 9.17) is 10.5 Å². The van der Waals surface area contributed by atoms with Gasteiger partial charge in [0, 0.05) is 18.7 Å². The van der Waals surface area contributed by atoms with E-state index in [1.54, 1.807) is 12.1 Å². The largest absolute Gasteiger partial charge is 0.377 e. The van der Waals surface area contributed by atoms with Crippen LogP contribution in [0.1, 0.15) is 24.8 Å². The van der Waals surface area contributed by atoms with Gasteiger partial charge >= 0.3 is 0 Å². The lowest BCUT2D eigenvalue weighted by Crippen LogP contribution is -2.00. The second-order valence-corrected chi connectivity index (χ2v) is 3.83. The van der Waals surface area contributed by atoms with E-state index < -0.39 is 4.92 Å². The monoisotopic (exact) mass is 238 g/mol. The van der Waals surface area contributed by atoms with Gasteiger partial charge in [-0.2, -0.15) is 0 Å². The SMILES string of the molecule is NCCCCCOCc1ccc([N+](=O)[O-])cc1. The Bertz CT molecular complexity index is 338. The van der Waals surface area contributed by atoms with Gasteiger partial charge in [0.05, 0.1) is 11.5 Å². The van der Waals surface area contributed by atoms with Crippen LogP contribution >= 0.6 is 0 Å². The van der Waals surface area contributed by atoms with E-state index in [9.17, 15) is 10.1 Å². The summed E-state index contributed by atoms with van der Waals surface area (Å²) in [4.78, 5) is 10.0. The van der Waals surface area contributed by atoms with E-state index in [2.05, 4.69) is 0 Å². The molecular weight excluding hydrogens is 220 g/mol. The topological polar surface area (TPSA) is 78.4 Å². The van der Waals surface area contributed by atoms with Crippen LogP contribution in [-0.4, -0.2) is 18.1 Å². The third-order valence-electron chi connectivity index (χ3n) is 2.41. The smallest absolute Gasteiger partial charge is 0.269 e. The van der Waals surface area contributed by atoms with E-state index in [1.165, 1.54) is 12.1 Å². The number of unbranched alkanes of at least 4 members (excludes halogenated alkanes) is 2. The first kappa shape index (κ1) is 13.6. The van der Waals surface area contributed by atoms with Crippen LogP contribution in [-0.2, 0) is 11.3 Å². The van der Waals surface area contributed by atoms with Crippen molar-refractivity contribution in [2.75, 3.05) is 13.2 Å². The molecule has 0 radical (unpaired) electrons. The van der Waals surface area contributed by atoms with E-state index in [1.807, 2.05) is 0 Å². The summed E-state index contributed by atoms with van der Waals surface area (Å²) in [6, 6.07) is 6.43. The molecule has 17 heavy (non-hydrogen) atoms. The minimum Gasteiger partial charge on any atom is -0.377 e. The summed E-state index contributed by atoms with van der Waals surface area (Å²) in [5.74, 6) is 0. The Kier molecular flexibility index (Phi) is 6.21. The van der Waals surface area contributed by atoms with Crippen LogP contribution in [0, 0.1) is 10.1 Å². The minimum absolute atomic E-state index is 0.108. The van der Waals surface area contributed by atoms with Crippen LogP contribution in [0.25, 0.3) is 0 Å². The van der Waals surface area contributed by atoms with Crippen LogP contribution in [0.2, 0.25) is 0 Å². The highest BCUT2D eigenvalue weighted by Crippen LogP contribution is 2.12. The first-order valence-corrected chi connectivity index (χ1v) is 5.75. The van der Waals surface area contributed by atoms with Crippen molar-refractivity contribution in [1.29, 1.82) is 0 Å². The zero-order valence-electron chi connectivity index (χ0n) is 9.80. The van der Waals surface area contributed by atoms with Crippen molar-refractivity contribution in [2.24, 2.45) is 5.73 Å². The molecule has 5 heteroatoms. The fourth-order valence-electron chi connectivity index (χ4n) is 1.43. The van der Waals surface area contributed by atoms with Gasteiger partial charge in [0.2, 0.25) is 0 Å². The Balaban J connectivity index is 2.21. The lowest BCUT2D eigenvalue weighted by Gasteiger charge is -2.03. The molecule has 0 amide bonds. The first-order chi connectivity index (χ1) is 8.24. The van der Waals surface area contributed by atoms with E-state index in [0.29, 0.717) is 13.2 Å². The molecule has 94 valence electrons. The number of ether oxygens (including phenoxy) is 1. The average molecular weight is 238 g/mol. The number of nitrogens with zero attached hydrogens (tertiary/aromatic N) is 1. The number of hydrogen-bond donors (Lipinski definition) is 1. The lowest BCUT2D eigenvalue weighted by atomic mass is 10.2. The van der Waals surface area contributed by atoms with Crippen LogP contribution in [0.5, 0.6) is 0 Å². The van der Waals surface area contributed by atoms with Crippen molar-refractivity contribution in [3.63, 3.8) is 0 Å². The molecule has 0 unspecified atom stereocenters. The molecule has 0 aliphatic rings. The summed E-state index contributed by atoms with van der Waals surface area (Å²) in [7, 11) is 0.